The van der Waals surface area contributed by atoms with Gasteiger partial charge in [-0.1, -0.05) is 30.3 Å². The van der Waals surface area contributed by atoms with E-state index in [0.29, 0.717) is 29.2 Å². The standard InChI is InChI=1S/C21H19N3O4/c1-28-20-9-5-2-6-15(20)14-22-21(25)18-7-3-4-8-19(18)23-16-10-12-17(13-11-16)24(26)27/h2-13,23H,14H2,1H3,(H,22,25). The van der Waals surface area contributed by atoms with Crippen LogP contribution in [0.3, 0.4) is 0 Å². The molecule has 0 aromatic heterocycles. The van der Waals surface area contributed by atoms with Crippen LogP contribution in [0.15, 0.2) is 72.8 Å². The van der Waals surface area contributed by atoms with E-state index in [9.17, 15) is 14.9 Å². The summed E-state index contributed by atoms with van der Waals surface area (Å²) in [7, 11) is 1.59. The van der Waals surface area contributed by atoms with Crippen LogP contribution in [-0.2, 0) is 6.54 Å². The maximum atomic E-state index is 12.7. The first kappa shape index (κ1) is 18.9. The summed E-state index contributed by atoms with van der Waals surface area (Å²) in [6.45, 7) is 0.328. The SMILES string of the molecule is COc1ccccc1CNC(=O)c1ccccc1Nc1ccc([N+](=O)[O-])cc1. The lowest BCUT2D eigenvalue weighted by atomic mass is 10.1. The number of ether oxygens (including phenoxy) is 1. The van der Waals surface area contributed by atoms with E-state index in [1.54, 1.807) is 37.4 Å². The van der Waals surface area contributed by atoms with E-state index in [0.717, 1.165) is 5.56 Å². The van der Waals surface area contributed by atoms with Crippen LogP contribution in [0.25, 0.3) is 0 Å². The molecule has 7 nitrogen and oxygen atoms in total. The van der Waals surface area contributed by atoms with Gasteiger partial charge in [-0.25, -0.2) is 0 Å². The van der Waals surface area contributed by atoms with Crippen molar-refractivity contribution in [3.8, 4) is 5.75 Å². The fourth-order valence-electron chi connectivity index (χ4n) is 2.73. The zero-order valence-electron chi connectivity index (χ0n) is 15.2. The molecule has 0 atom stereocenters. The van der Waals surface area contributed by atoms with Gasteiger partial charge in [-0.15, -0.1) is 0 Å². The summed E-state index contributed by atoms with van der Waals surface area (Å²) in [5.74, 6) is 0.469. The molecule has 0 radical (unpaired) electrons. The molecule has 3 aromatic rings. The minimum atomic E-state index is -0.455. The van der Waals surface area contributed by atoms with Crippen molar-refractivity contribution in [1.29, 1.82) is 0 Å². The van der Waals surface area contributed by atoms with Gasteiger partial charge in [0.2, 0.25) is 0 Å². The van der Waals surface area contributed by atoms with Crippen molar-refractivity contribution in [3.63, 3.8) is 0 Å². The van der Waals surface area contributed by atoms with Gasteiger partial charge < -0.3 is 15.4 Å². The second-order valence-corrected chi connectivity index (χ2v) is 5.97. The molecule has 2 N–H and O–H groups in total. The summed E-state index contributed by atoms with van der Waals surface area (Å²) in [5, 5.41) is 16.8. The highest BCUT2D eigenvalue weighted by molar-refractivity contribution is 6.00. The van der Waals surface area contributed by atoms with Gasteiger partial charge in [0.05, 0.1) is 23.3 Å². The third kappa shape index (κ3) is 4.45. The molecule has 3 rings (SSSR count). The number of carbonyl (C=O) groups is 1. The van der Waals surface area contributed by atoms with Crippen LogP contribution in [-0.4, -0.2) is 17.9 Å². The zero-order chi connectivity index (χ0) is 19.9. The number of nitro groups is 1. The number of nitrogens with one attached hydrogen (secondary N) is 2. The normalized spacial score (nSPS) is 10.2. The summed E-state index contributed by atoms with van der Waals surface area (Å²) in [5.41, 5.74) is 2.60. The molecule has 0 saturated carbocycles. The van der Waals surface area contributed by atoms with Gasteiger partial charge in [0.1, 0.15) is 5.75 Å². The van der Waals surface area contributed by atoms with Crippen molar-refractivity contribution < 1.29 is 14.5 Å². The Labute approximate surface area is 162 Å². The Morgan fingerprint density at radius 2 is 1.68 bits per heavy atom. The smallest absolute Gasteiger partial charge is 0.269 e. The fraction of sp³-hybridized carbons (Fsp3) is 0.0952. The minimum absolute atomic E-state index is 0.00777. The van der Waals surface area contributed by atoms with Gasteiger partial charge in [-0.2, -0.15) is 0 Å². The lowest BCUT2D eigenvalue weighted by Gasteiger charge is -2.13. The van der Waals surface area contributed by atoms with Gasteiger partial charge in [-0.3, -0.25) is 14.9 Å². The molecule has 0 spiro atoms. The molecular weight excluding hydrogens is 358 g/mol. The summed E-state index contributed by atoms with van der Waals surface area (Å²) >= 11 is 0. The number of hydrogen-bond donors (Lipinski definition) is 2. The third-order valence-electron chi connectivity index (χ3n) is 4.16. The Morgan fingerprint density at radius 1 is 1.00 bits per heavy atom. The maximum Gasteiger partial charge on any atom is 0.269 e. The molecule has 0 fully saturated rings. The largest absolute Gasteiger partial charge is 0.496 e. The number of rotatable bonds is 7. The monoisotopic (exact) mass is 377 g/mol. The number of carbonyl (C=O) groups excluding carboxylic acids is 1. The van der Waals surface area contributed by atoms with Crippen LogP contribution < -0.4 is 15.4 Å². The molecule has 1 amide bonds. The van der Waals surface area contributed by atoms with Gasteiger partial charge >= 0.3 is 0 Å². The lowest BCUT2D eigenvalue weighted by Crippen LogP contribution is -2.23. The molecule has 0 saturated heterocycles. The quantitative estimate of drug-likeness (QED) is 0.473. The molecule has 3 aromatic carbocycles. The number of anilines is 2. The molecular formula is C21H19N3O4. The van der Waals surface area contributed by atoms with Crippen molar-refractivity contribution in [3.05, 3.63) is 94.0 Å². The van der Waals surface area contributed by atoms with Crippen molar-refractivity contribution in [2.75, 3.05) is 12.4 Å². The van der Waals surface area contributed by atoms with Gasteiger partial charge in [0, 0.05) is 29.9 Å². The minimum Gasteiger partial charge on any atom is -0.496 e. The Kier molecular flexibility index (Phi) is 5.86. The molecule has 0 aliphatic rings. The van der Waals surface area contributed by atoms with Crippen LogP contribution in [0.1, 0.15) is 15.9 Å². The number of nitrogens with zero attached hydrogens (tertiary/aromatic N) is 1. The molecule has 142 valence electrons. The fourth-order valence-corrected chi connectivity index (χ4v) is 2.73. The topological polar surface area (TPSA) is 93.5 Å². The molecule has 0 unspecified atom stereocenters. The predicted molar refractivity (Wildman–Crippen MR) is 107 cm³/mol. The van der Waals surface area contributed by atoms with Crippen LogP contribution >= 0.6 is 0 Å². The van der Waals surface area contributed by atoms with E-state index >= 15 is 0 Å². The van der Waals surface area contributed by atoms with E-state index in [4.69, 9.17) is 4.74 Å². The highest BCUT2D eigenvalue weighted by atomic mass is 16.6. The first-order chi connectivity index (χ1) is 13.6. The molecule has 0 aliphatic carbocycles. The van der Waals surface area contributed by atoms with Gasteiger partial charge in [0.15, 0.2) is 0 Å². The van der Waals surface area contributed by atoms with E-state index < -0.39 is 4.92 Å². The highest BCUT2D eigenvalue weighted by Gasteiger charge is 2.12. The Hall–Kier alpha value is -3.87. The molecule has 0 aliphatic heterocycles. The third-order valence-corrected chi connectivity index (χ3v) is 4.16. The first-order valence-electron chi connectivity index (χ1n) is 8.59. The van der Waals surface area contributed by atoms with Crippen LogP contribution in [0.5, 0.6) is 5.75 Å². The Bertz CT molecular complexity index is 987. The lowest BCUT2D eigenvalue weighted by molar-refractivity contribution is -0.384. The number of amides is 1. The second kappa shape index (κ2) is 8.68. The van der Waals surface area contributed by atoms with Gasteiger partial charge in [0.25, 0.3) is 11.6 Å². The molecule has 7 heteroatoms. The van der Waals surface area contributed by atoms with Gasteiger partial charge in [-0.05, 0) is 30.3 Å². The number of non-ortho nitro benzene ring substituents is 1. The van der Waals surface area contributed by atoms with Crippen LogP contribution in [0.4, 0.5) is 17.1 Å². The molecule has 28 heavy (non-hydrogen) atoms. The first-order valence-corrected chi connectivity index (χ1v) is 8.59. The average molecular weight is 377 g/mol. The van der Waals surface area contributed by atoms with E-state index in [1.165, 1.54) is 12.1 Å². The second-order valence-electron chi connectivity index (χ2n) is 5.97. The van der Waals surface area contributed by atoms with E-state index in [2.05, 4.69) is 10.6 Å². The van der Waals surface area contributed by atoms with Crippen molar-refractivity contribution in [2.45, 2.75) is 6.54 Å². The number of hydrogen-bond acceptors (Lipinski definition) is 5. The maximum absolute atomic E-state index is 12.7. The zero-order valence-corrected chi connectivity index (χ0v) is 15.2. The molecule has 0 bridgehead atoms. The Morgan fingerprint density at radius 3 is 2.39 bits per heavy atom. The summed E-state index contributed by atoms with van der Waals surface area (Å²) in [6, 6.07) is 20.6. The van der Waals surface area contributed by atoms with Crippen molar-refractivity contribution in [1.82, 2.24) is 5.32 Å². The van der Waals surface area contributed by atoms with E-state index in [-0.39, 0.29) is 11.6 Å². The summed E-state index contributed by atoms with van der Waals surface area (Å²) < 4.78 is 5.30. The van der Waals surface area contributed by atoms with Crippen molar-refractivity contribution in [2.24, 2.45) is 0 Å². The van der Waals surface area contributed by atoms with E-state index in [1.807, 2.05) is 30.3 Å². The Balaban J connectivity index is 1.74. The van der Waals surface area contributed by atoms with Crippen LogP contribution in [0.2, 0.25) is 0 Å². The number of benzene rings is 3. The highest BCUT2D eigenvalue weighted by Crippen LogP contribution is 2.23. The number of methoxy groups -OCH3 is 1. The van der Waals surface area contributed by atoms with Crippen molar-refractivity contribution >= 4 is 23.0 Å². The summed E-state index contributed by atoms with van der Waals surface area (Å²) in [4.78, 5) is 23.0. The molecule has 0 heterocycles. The number of para-hydroxylation sites is 2. The van der Waals surface area contributed by atoms with Crippen LogP contribution in [0, 0.1) is 10.1 Å². The predicted octanol–water partition coefficient (Wildman–Crippen LogP) is 4.28. The summed E-state index contributed by atoms with van der Waals surface area (Å²) in [6.07, 6.45) is 0. The average Bonchev–Trinajstić information content (AvgIpc) is 2.73. The number of nitro benzene ring substituents is 1.